The van der Waals surface area contributed by atoms with Crippen LogP contribution in [0.3, 0.4) is 0 Å². The normalized spacial score (nSPS) is 22.3. The number of rotatable bonds is 7. The van der Waals surface area contributed by atoms with Crippen molar-refractivity contribution >= 4 is 15.9 Å². The van der Waals surface area contributed by atoms with E-state index in [1.54, 1.807) is 0 Å². The van der Waals surface area contributed by atoms with Gasteiger partial charge in [0.2, 0.25) is 0 Å². The summed E-state index contributed by atoms with van der Waals surface area (Å²) in [5.41, 5.74) is 0. The van der Waals surface area contributed by atoms with Gasteiger partial charge in [-0.25, -0.2) is 0 Å². The van der Waals surface area contributed by atoms with Crippen molar-refractivity contribution in [2.75, 3.05) is 18.5 Å². The molecule has 0 N–H and O–H groups in total. The topological polar surface area (TPSA) is 18.5 Å². The Hall–Kier alpha value is 0.140. The third kappa shape index (κ3) is 7.09. The van der Waals surface area contributed by atoms with Crippen LogP contribution in [0.1, 0.15) is 38.5 Å². The van der Waals surface area contributed by atoms with Crippen molar-refractivity contribution < 1.29 is 9.47 Å². The predicted molar refractivity (Wildman–Crippen MR) is 66.3 cm³/mol. The van der Waals surface area contributed by atoms with Crippen molar-refractivity contribution in [3.8, 4) is 0 Å². The number of unbranched alkanes of at least 4 members (excludes halogenated alkanes) is 1. The highest BCUT2D eigenvalue weighted by Crippen LogP contribution is 2.13. The summed E-state index contributed by atoms with van der Waals surface area (Å²) < 4.78 is 11.1. The largest absolute Gasteiger partial charge is 0.353 e. The first-order valence-electron chi connectivity index (χ1n) is 5.87. The van der Waals surface area contributed by atoms with E-state index < -0.39 is 0 Å². The van der Waals surface area contributed by atoms with E-state index in [9.17, 15) is 0 Å². The van der Waals surface area contributed by atoms with Crippen LogP contribution in [0.5, 0.6) is 0 Å². The Morgan fingerprint density at radius 1 is 1.27 bits per heavy atom. The molecule has 0 saturated carbocycles. The zero-order valence-corrected chi connectivity index (χ0v) is 10.9. The highest BCUT2D eigenvalue weighted by molar-refractivity contribution is 9.09. The van der Waals surface area contributed by atoms with Gasteiger partial charge in [-0.2, -0.15) is 0 Å². The molecule has 1 atom stereocenters. The number of ether oxygens (including phenoxy) is 2. The molecular formula is C12H21BrO2. The molecule has 0 spiro atoms. The molecule has 88 valence electrons. The molecule has 0 bridgehead atoms. The second kappa shape index (κ2) is 9.37. The van der Waals surface area contributed by atoms with E-state index in [2.05, 4.69) is 28.1 Å². The van der Waals surface area contributed by atoms with Gasteiger partial charge in [0, 0.05) is 11.9 Å². The van der Waals surface area contributed by atoms with Gasteiger partial charge in [-0.05, 0) is 38.5 Å². The SMILES string of the molecule is BrCC/C=C/CCCOC1CCCCO1. The molecule has 0 aliphatic carbocycles. The van der Waals surface area contributed by atoms with E-state index in [0.29, 0.717) is 0 Å². The summed E-state index contributed by atoms with van der Waals surface area (Å²) in [6.07, 6.45) is 11.3. The van der Waals surface area contributed by atoms with Crippen LogP contribution < -0.4 is 0 Å². The Morgan fingerprint density at radius 3 is 2.87 bits per heavy atom. The fourth-order valence-corrected chi connectivity index (χ4v) is 1.82. The Balaban J connectivity index is 1.87. The second-order valence-corrected chi connectivity index (χ2v) is 4.55. The molecule has 1 aliphatic heterocycles. The smallest absolute Gasteiger partial charge is 0.157 e. The summed E-state index contributed by atoms with van der Waals surface area (Å²) in [7, 11) is 0. The molecule has 1 rings (SSSR count). The van der Waals surface area contributed by atoms with Crippen LogP contribution in [0.15, 0.2) is 12.2 Å². The second-order valence-electron chi connectivity index (χ2n) is 3.76. The minimum absolute atomic E-state index is 0.0743. The van der Waals surface area contributed by atoms with Crippen LogP contribution in [-0.4, -0.2) is 24.8 Å². The van der Waals surface area contributed by atoms with E-state index in [4.69, 9.17) is 9.47 Å². The summed E-state index contributed by atoms with van der Waals surface area (Å²) >= 11 is 3.39. The Morgan fingerprint density at radius 2 is 2.13 bits per heavy atom. The van der Waals surface area contributed by atoms with Gasteiger partial charge in [-0.1, -0.05) is 28.1 Å². The fourth-order valence-electron chi connectivity index (χ4n) is 1.56. The Labute approximate surface area is 101 Å². The van der Waals surface area contributed by atoms with Crippen molar-refractivity contribution in [1.82, 2.24) is 0 Å². The first-order chi connectivity index (χ1) is 7.43. The van der Waals surface area contributed by atoms with E-state index in [1.165, 1.54) is 12.8 Å². The van der Waals surface area contributed by atoms with E-state index in [-0.39, 0.29) is 6.29 Å². The lowest BCUT2D eigenvalue weighted by atomic mass is 10.2. The van der Waals surface area contributed by atoms with Gasteiger partial charge in [0.1, 0.15) is 0 Å². The molecule has 0 aromatic carbocycles. The van der Waals surface area contributed by atoms with Crippen LogP contribution >= 0.6 is 15.9 Å². The molecule has 2 nitrogen and oxygen atoms in total. The van der Waals surface area contributed by atoms with Crippen LogP contribution in [0, 0.1) is 0 Å². The minimum atomic E-state index is 0.0743. The first kappa shape index (κ1) is 13.2. The first-order valence-corrected chi connectivity index (χ1v) is 7.00. The summed E-state index contributed by atoms with van der Waals surface area (Å²) in [6, 6.07) is 0. The average Bonchev–Trinajstić information content (AvgIpc) is 2.29. The van der Waals surface area contributed by atoms with Gasteiger partial charge in [0.25, 0.3) is 0 Å². The Kier molecular flexibility index (Phi) is 8.25. The molecule has 0 radical (unpaired) electrons. The molecule has 1 fully saturated rings. The number of hydrogen-bond donors (Lipinski definition) is 0. The van der Waals surface area contributed by atoms with Gasteiger partial charge in [0.15, 0.2) is 6.29 Å². The third-order valence-corrected chi connectivity index (χ3v) is 2.86. The zero-order chi connectivity index (χ0) is 10.8. The molecule has 0 aromatic rings. The summed E-state index contributed by atoms with van der Waals surface area (Å²) in [5, 5.41) is 1.05. The lowest BCUT2D eigenvalue weighted by Gasteiger charge is -2.22. The van der Waals surface area contributed by atoms with Gasteiger partial charge in [-0.15, -0.1) is 0 Å². The van der Waals surface area contributed by atoms with Crippen molar-refractivity contribution in [3.05, 3.63) is 12.2 Å². The van der Waals surface area contributed by atoms with Crippen molar-refractivity contribution in [2.45, 2.75) is 44.8 Å². The molecule has 1 aliphatic rings. The van der Waals surface area contributed by atoms with Crippen LogP contribution in [-0.2, 0) is 9.47 Å². The maximum absolute atomic E-state index is 5.62. The quantitative estimate of drug-likeness (QED) is 0.402. The average molecular weight is 277 g/mol. The molecule has 1 saturated heterocycles. The van der Waals surface area contributed by atoms with Gasteiger partial charge < -0.3 is 9.47 Å². The van der Waals surface area contributed by atoms with Gasteiger partial charge in [0.05, 0.1) is 6.61 Å². The molecule has 3 heteroatoms. The monoisotopic (exact) mass is 276 g/mol. The fraction of sp³-hybridized carbons (Fsp3) is 0.833. The predicted octanol–water partition coefficient (Wildman–Crippen LogP) is 3.65. The molecule has 15 heavy (non-hydrogen) atoms. The van der Waals surface area contributed by atoms with Crippen LogP contribution in [0.2, 0.25) is 0 Å². The maximum Gasteiger partial charge on any atom is 0.157 e. The molecule has 1 unspecified atom stereocenters. The zero-order valence-electron chi connectivity index (χ0n) is 9.29. The Bertz CT molecular complexity index is 165. The minimum Gasteiger partial charge on any atom is -0.353 e. The summed E-state index contributed by atoms with van der Waals surface area (Å²) in [6.45, 7) is 1.69. The molecule has 1 heterocycles. The highest BCUT2D eigenvalue weighted by atomic mass is 79.9. The van der Waals surface area contributed by atoms with E-state index >= 15 is 0 Å². The summed E-state index contributed by atoms with van der Waals surface area (Å²) in [5.74, 6) is 0. The summed E-state index contributed by atoms with van der Waals surface area (Å²) in [4.78, 5) is 0. The van der Waals surface area contributed by atoms with E-state index in [1.807, 2.05) is 0 Å². The lowest BCUT2D eigenvalue weighted by molar-refractivity contribution is -0.162. The van der Waals surface area contributed by atoms with E-state index in [0.717, 1.165) is 44.2 Å². The van der Waals surface area contributed by atoms with Crippen molar-refractivity contribution in [2.24, 2.45) is 0 Å². The lowest BCUT2D eigenvalue weighted by Crippen LogP contribution is -2.22. The maximum atomic E-state index is 5.62. The highest BCUT2D eigenvalue weighted by Gasteiger charge is 2.12. The molecular weight excluding hydrogens is 256 g/mol. The standard InChI is InChI=1S/C12H21BrO2/c13-9-5-2-1-3-6-10-14-12-8-4-7-11-15-12/h1-2,12H,3-11H2/b2-1+. The van der Waals surface area contributed by atoms with Crippen LogP contribution in [0.4, 0.5) is 0 Å². The van der Waals surface area contributed by atoms with Crippen molar-refractivity contribution in [3.63, 3.8) is 0 Å². The van der Waals surface area contributed by atoms with Gasteiger partial charge in [-0.3, -0.25) is 0 Å². The number of halogens is 1. The van der Waals surface area contributed by atoms with Gasteiger partial charge >= 0.3 is 0 Å². The number of hydrogen-bond acceptors (Lipinski definition) is 2. The van der Waals surface area contributed by atoms with Crippen LogP contribution in [0.25, 0.3) is 0 Å². The number of allylic oxidation sites excluding steroid dienone is 2. The van der Waals surface area contributed by atoms with Crippen molar-refractivity contribution in [1.29, 1.82) is 0 Å². The molecule has 0 aromatic heterocycles. The third-order valence-electron chi connectivity index (χ3n) is 2.40. The number of alkyl halides is 1. The molecule has 0 amide bonds.